The number of para-hydroxylation sites is 1. The quantitative estimate of drug-likeness (QED) is 0.498. The number of hydrogen-bond acceptors (Lipinski definition) is 5. The first kappa shape index (κ1) is 27.7. The molecule has 35 heavy (non-hydrogen) atoms. The molecule has 0 aliphatic rings. The maximum atomic E-state index is 13.7. The third kappa shape index (κ3) is 7.73. The molecule has 2 aromatic carbocycles. The van der Waals surface area contributed by atoms with Crippen LogP contribution in [0.3, 0.4) is 0 Å². The topological polar surface area (TPSA) is 108 Å². The average molecular weight is 484 g/mol. The highest BCUT2D eigenvalue weighted by molar-refractivity contribution is 5.99. The molecule has 0 saturated carbocycles. The Balaban J connectivity index is 2.42. The number of aryl methyl sites for hydroxylation is 2. The number of nitrogens with zero attached hydrogens (tertiary/aromatic N) is 1. The van der Waals surface area contributed by atoms with Crippen LogP contribution in [0.4, 0.5) is 10.5 Å². The molecule has 0 aliphatic heterocycles. The molecule has 3 N–H and O–H groups in total. The number of carbonyl (C=O) groups excluding carboxylic acids is 3. The van der Waals surface area contributed by atoms with E-state index in [9.17, 15) is 19.5 Å². The molecule has 0 radical (unpaired) electrons. The minimum Gasteiger partial charge on any atom is -0.508 e. The molecular weight excluding hydrogens is 446 g/mol. The summed E-state index contributed by atoms with van der Waals surface area (Å²) in [4.78, 5) is 40.7. The Bertz CT molecular complexity index is 1020. The van der Waals surface area contributed by atoms with Gasteiger partial charge in [0.15, 0.2) is 0 Å². The number of alkyl carbamates (subject to hydrolysis) is 1. The van der Waals surface area contributed by atoms with Gasteiger partial charge in [0.05, 0.1) is 0 Å². The van der Waals surface area contributed by atoms with Crippen LogP contribution in [0, 0.1) is 13.8 Å². The fourth-order valence-electron chi connectivity index (χ4n) is 3.69. The van der Waals surface area contributed by atoms with Crippen LogP contribution in [0.25, 0.3) is 0 Å². The van der Waals surface area contributed by atoms with Crippen molar-refractivity contribution in [1.82, 2.24) is 10.2 Å². The van der Waals surface area contributed by atoms with Crippen molar-refractivity contribution < 1.29 is 24.2 Å². The summed E-state index contributed by atoms with van der Waals surface area (Å²) in [6.07, 6.45) is -0.125. The van der Waals surface area contributed by atoms with Gasteiger partial charge in [-0.25, -0.2) is 4.79 Å². The van der Waals surface area contributed by atoms with Gasteiger partial charge >= 0.3 is 6.09 Å². The second-order valence-electron chi connectivity index (χ2n) is 9.66. The van der Waals surface area contributed by atoms with Crippen LogP contribution >= 0.6 is 0 Å². The van der Waals surface area contributed by atoms with Crippen LogP contribution in [-0.2, 0) is 14.3 Å². The molecule has 2 atom stereocenters. The fraction of sp³-hybridized carbons (Fsp3) is 0.444. The molecule has 0 heterocycles. The van der Waals surface area contributed by atoms with Crippen molar-refractivity contribution in [3.05, 3.63) is 59.2 Å². The molecule has 190 valence electrons. The third-order valence-electron chi connectivity index (χ3n) is 5.60. The molecular formula is C27H37N3O5. The van der Waals surface area contributed by atoms with E-state index in [2.05, 4.69) is 10.6 Å². The Hall–Kier alpha value is -3.55. The molecule has 2 unspecified atom stereocenters. The van der Waals surface area contributed by atoms with Gasteiger partial charge < -0.3 is 25.4 Å². The van der Waals surface area contributed by atoms with Crippen LogP contribution in [0.2, 0.25) is 0 Å². The van der Waals surface area contributed by atoms with E-state index >= 15 is 0 Å². The fourth-order valence-corrected chi connectivity index (χ4v) is 3.69. The molecule has 8 heteroatoms. The maximum absolute atomic E-state index is 13.7. The van der Waals surface area contributed by atoms with E-state index in [1.165, 1.54) is 17.0 Å². The minimum atomic E-state index is -0.988. The SMILES string of the molecule is CCC(C)N(C(=O)CNC(=O)OC(C)(C)C)C(C(=O)Nc1c(C)cccc1C)c1ccc(O)cc1. The normalized spacial score (nSPS) is 12.9. The number of ether oxygens (including phenoxy) is 1. The van der Waals surface area contributed by atoms with Crippen LogP contribution in [0.15, 0.2) is 42.5 Å². The summed E-state index contributed by atoms with van der Waals surface area (Å²) in [6, 6.07) is 10.6. The molecule has 0 fully saturated rings. The Morgan fingerprint density at radius 3 is 2.11 bits per heavy atom. The highest BCUT2D eigenvalue weighted by Gasteiger charge is 2.35. The van der Waals surface area contributed by atoms with Crippen LogP contribution in [0.5, 0.6) is 5.75 Å². The lowest BCUT2D eigenvalue weighted by Crippen LogP contribution is -2.50. The van der Waals surface area contributed by atoms with Crippen LogP contribution in [-0.4, -0.2) is 46.1 Å². The van der Waals surface area contributed by atoms with E-state index in [0.717, 1.165) is 11.1 Å². The van der Waals surface area contributed by atoms with Crippen LogP contribution < -0.4 is 10.6 Å². The molecule has 0 aromatic heterocycles. The van der Waals surface area contributed by atoms with E-state index in [1.807, 2.05) is 45.9 Å². The number of anilines is 1. The lowest BCUT2D eigenvalue weighted by Gasteiger charge is -2.36. The van der Waals surface area contributed by atoms with Crippen molar-refractivity contribution in [2.75, 3.05) is 11.9 Å². The predicted molar refractivity (Wildman–Crippen MR) is 136 cm³/mol. The number of phenols is 1. The van der Waals surface area contributed by atoms with Crippen molar-refractivity contribution in [1.29, 1.82) is 0 Å². The molecule has 0 saturated heterocycles. The molecule has 0 spiro atoms. The van der Waals surface area contributed by atoms with Gasteiger partial charge in [0.25, 0.3) is 5.91 Å². The highest BCUT2D eigenvalue weighted by atomic mass is 16.6. The van der Waals surface area contributed by atoms with Crippen molar-refractivity contribution in [3.63, 3.8) is 0 Å². The van der Waals surface area contributed by atoms with E-state index in [-0.39, 0.29) is 24.2 Å². The van der Waals surface area contributed by atoms with Crippen molar-refractivity contribution >= 4 is 23.6 Å². The number of aromatic hydroxyl groups is 1. The Morgan fingerprint density at radius 2 is 1.60 bits per heavy atom. The van der Waals surface area contributed by atoms with Gasteiger partial charge in [0.2, 0.25) is 5.91 Å². The summed E-state index contributed by atoms with van der Waals surface area (Å²) in [5.74, 6) is -0.769. The van der Waals surface area contributed by atoms with Crippen molar-refractivity contribution in [2.45, 2.75) is 72.6 Å². The first-order valence-electron chi connectivity index (χ1n) is 11.8. The van der Waals surface area contributed by atoms with Crippen molar-refractivity contribution in [2.24, 2.45) is 0 Å². The zero-order valence-electron chi connectivity index (χ0n) is 21.6. The van der Waals surface area contributed by atoms with Gasteiger partial charge in [0, 0.05) is 11.7 Å². The summed E-state index contributed by atoms with van der Waals surface area (Å²) in [5, 5.41) is 15.3. The number of carbonyl (C=O) groups is 3. The minimum absolute atomic E-state index is 0.0515. The summed E-state index contributed by atoms with van der Waals surface area (Å²) in [5.41, 5.74) is 2.32. The molecule has 0 aliphatic carbocycles. The zero-order valence-corrected chi connectivity index (χ0v) is 21.6. The number of amides is 3. The summed E-state index contributed by atoms with van der Waals surface area (Å²) in [6.45, 7) is 12.5. The van der Waals surface area contributed by atoms with E-state index in [0.29, 0.717) is 17.7 Å². The van der Waals surface area contributed by atoms with Gasteiger partial charge in [-0.3, -0.25) is 9.59 Å². The largest absolute Gasteiger partial charge is 0.508 e. The lowest BCUT2D eigenvalue weighted by atomic mass is 10.00. The predicted octanol–water partition coefficient (Wildman–Crippen LogP) is 4.84. The summed E-state index contributed by atoms with van der Waals surface area (Å²) >= 11 is 0. The molecule has 2 rings (SSSR count). The third-order valence-corrected chi connectivity index (χ3v) is 5.60. The molecule has 0 bridgehead atoms. The second-order valence-corrected chi connectivity index (χ2v) is 9.66. The van der Waals surface area contributed by atoms with Gasteiger partial charge in [0.1, 0.15) is 23.9 Å². The first-order chi connectivity index (χ1) is 16.3. The number of benzene rings is 2. The number of hydrogen-bond donors (Lipinski definition) is 3. The van der Waals surface area contributed by atoms with Gasteiger partial charge in [-0.15, -0.1) is 0 Å². The Kier molecular flexibility index (Phi) is 9.28. The number of rotatable bonds is 8. The number of nitrogens with one attached hydrogen (secondary N) is 2. The van der Waals surface area contributed by atoms with Gasteiger partial charge in [-0.2, -0.15) is 0 Å². The standard InChI is InChI=1S/C27H37N3O5/c1-8-19(4)30(22(32)16-28-26(34)35-27(5,6)7)24(20-12-14-21(31)15-13-20)25(33)29-23-17(2)10-9-11-18(23)3/h9-15,19,24,31H,8,16H2,1-7H3,(H,28,34)(H,29,33). The Morgan fingerprint density at radius 1 is 1.03 bits per heavy atom. The second kappa shape index (κ2) is 11.7. The smallest absolute Gasteiger partial charge is 0.408 e. The van der Waals surface area contributed by atoms with E-state index in [1.54, 1.807) is 32.9 Å². The Labute approximate surface area is 207 Å². The van der Waals surface area contributed by atoms with Crippen LogP contribution in [0.1, 0.15) is 63.8 Å². The van der Waals surface area contributed by atoms with Gasteiger partial charge in [-0.05, 0) is 76.8 Å². The van der Waals surface area contributed by atoms with E-state index < -0.39 is 23.6 Å². The molecule has 2 aromatic rings. The average Bonchev–Trinajstić information content (AvgIpc) is 2.77. The molecule has 3 amide bonds. The zero-order chi connectivity index (χ0) is 26.3. The lowest BCUT2D eigenvalue weighted by molar-refractivity contribution is -0.140. The van der Waals surface area contributed by atoms with Gasteiger partial charge in [-0.1, -0.05) is 37.3 Å². The highest BCUT2D eigenvalue weighted by Crippen LogP contribution is 2.29. The first-order valence-corrected chi connectivity index (χ1v) is 11.8. The van der Waals surface area contributed by atoms with Crippen molar-refractivity contribution in [3.8, 4) is 5.75 Å². The number of phenolic OH excluding ortho intramolecular Hbond substituents is 1. The monoisotopic (exact) mass is 483 g/mol. The summed E-state index contributed by atoms with van der Waals surface area (Å²) in [7, 11) is 0. The maximum Gasteiger partial charge on any atom is 0.408 e. The molecule has 8 nitrogen and oxygen atoms in total. The van der Waals surface area contributed by atoms with E-state index in [4.69, 9.17) is 4.74 Å². The summed E-state index contributed by atoms with van der Waals surface area (Å²) < 4.78 is 5.24.